The lowest BCUT2D eigenvalue weighted by atomic mass is 10.2. The highest BCUT2D eigenvalue weighted by Crippen LogP contribution is 2.19. The number of halogens is 6. The number of alkyl halides is 6. The fourth-order valence-corrected chi connectivity index (χ4v) is 3.06. The van der Waals surface area contributed by atoms with Crippen LogP contribution in [-0.4, -0.2) is 80.6 Å². The molecule has 1 aromatic heterocycles. The molecule has 0 atom stereocenters. The largest absolute Gasteiger partial charge is 0.497 e. The van der Waals surface area contributed by atoms with Crippen LogP contribution in [0.5, 0.6) is 5.75 Å². The molecule has 9 nitrogen and oxygen atoms in total. The monoisotopic (exact) mass is 556 g/mol. The third-order valence-electron chi connectivity index (χ3n) is 5.37. The summed E-state index contributed by atoms with van der Waals surface area (Å²) in [6, 6.07) is 8.89. The minimum absolute atomic E-state index is 0.548. The molecule has 15 heteroatoms. The first-order valence-corrected chi connectivity index (χ1v) is 11.1. The van der Waals surface area contributed by atoms with E-state index < -0.39 is 24.3 Å². The molecule has 1 aliphatic heterocycles. The van der Waals surface area contributed by atoms with E-state index in [9.17, 15) is 26.3 Å². The highest BCUT2D eigenvalue weighted by atomic mass is 19.4. The van der Waals surface area contributed by atoms with Crippen molar-refractivity contribution in [2.24, 2.45) is 0 Å². The van der Waals surface area contributed by atoms with E-state index >= 15 is 0 Å². The van der Waals surface area contributed by atoms with E-state index in [1.165, 1.54) is 17.1 Å². The summed E-state index contributed by atoms with van der Waals surface area (Å²) in [5.41, 5.74) is 2.64. The Balaban J connectivity index is 0.000000426. The fraction of sp³-hybridized carbons (Fsp3) is 0.522. The number of benzene rings is 1. The lowest BCUT2D eigenvalue weighted by molar-refractivity contribution is -0.193. The van der Waals surface area contributed by atoms with Gasteiger partial charge in [-0.3, -0.25) is 9.80 Å². The number of aliphatic carboxylic acids is 2. The summed E-state index contributed by atoms with van der Waals surface area (Å²) in [5.74, 6) is -3.42. The Hall–Kier alpha value is -3.33. The Kier molecular flexibility index (Phi) is 12.0. The SMILES string of the molecule is COc1ccc(CN2CCn3c(CN(C)C(C)C)cnc3C2)cc1.O=C(O)C(F)(F)F.O=C(O)C(F)(F)F. The van der Waals surface area contributed by atoms with Crippen molar-refractivity contribution in [2.75, 3.05) is 20.7 Å². The molecule has 0 unspecified atom stereocenters. The smallest absolute Gasteiger partial charge is 0.490 e. The molecular weight excluding hydrogens is 526 g/mol. The predicted molar refractivity (Wildman–Crippen MR) is 123 cm³/mol. The van der Waals surface area contributed by atoms with Crippen molar-refractivity contribution < 1.29 is 50.9 Å². The molecule has 0 saturated heterocycles. The third kappa shape index (κ3) is 11.0. The predicted octanol–water partition coefficient (Wildman–Crippen LogP) is 4.01. The molecule has 0 saturated carbocycles. The molecule has 0 fully saturated rings. The van der Waals surface area contributed by atoms with Gasteiger partial charge in [0.15, 0.2) is 0 Å². The van der Waals surface area contributed by atoms with Gasteiger partial charge in [-0.2, -0.15) is 26.3 Å². The summed E-state index contributed by atoms with van der Waals surface area (Å²) in [4.78, 5) is 27.3. The average Bonchev–Trinajstić information content (AvgIpc) is 3.21. The maximum Gasteiger partial charge on any atom is 0.490 e. The molecule has 0 spiro atoms. The molecule has 3 rings (SSSR count). The number of carboxylic acid groups (broad SMARTS) is 2. The summed E-state index contributed by atoms with van der Waals surface area (Å²) in [5, 5.41) is 14.2. The molecule has 214 valence electrons. The van der Waals surface area contributed by atoms with Crippen LogP contribution in [0.2, 0.25) is 0 Å². The first-order valence-electron chi connectivity index (χ1n) is 11.1. The number of fused-ring (bicyclic) bond motifs is 1. The molecule has 2 heterocycles. The quantitative estimate of drug-likeness (QED) is 0.514. The van der Waals surface area contributed by atoms with Gasteiger partial charge in [0.2, 0.25) is 0 Å². The van der Waals surface area contributed by atoms with Gasteiger partial charge in [-0.15, -0.1) is 0 Å². The summed E-state index contributed by atoms with van der Waals surface area (Å²) in [7, 11) is 3.87. The van der Waals surface area contributed by atoms with Gasteiger partial charge in [0, 0.05) is 38.4 Å². The molecule has 2 N–H and O–H groups in total. The fourth-order valence-electron chi connectivity index (χ4n) is 3.06. The second kappa shape index (κ2) is 14.0. The van der Waals surface area contributed by atoms with Crippen LogP contribution >= 0.6 is 0 Å². The molecule has 0 bridgehead atoms. The van der Waals surface area contributed by atoms with Crippen LogP contribution in [0.1, 0.15) is 30.9 Å². The molecular formula is C23H30F6N4O5. The van der Waals surface area contributed by atoms with Gasteiger partial charge in [0.1, 0.15) is 11.6 Å². The van der Waals surface area contributed by atoms with Crippen LogP contribution in [-0.2, 0) is 35.8 Å². The zero-order valence-corrected chi connectivity index (χ0v) is 21.2. The zero-order valence-electron chi connectivity index (χ0n) is 21.2. The van der Waals surface area contributed by atoms with Gasteiger partial charge in [-0.1, -0.05) is 12.1 Å². The van der Waals surface area contributed by atoms with Crippen LogP contribution < -0.4 is 4.74 Å². The number of hydrogen-bond acceptors (Lipinski definition) is 6. The summed E-state index contributed by atoms with van der Waals surface area (Å²) < 4.78 is 71.1. The van der Waals surface area contributed by atoms with Gasteiger partial charge in [-0.05, 0) is 38.6 Å². The normalized spacial score (nSPS) is 13.7. The van der Waals surface area contributed by atoms with E-state index in [1.54, 1.807) is 7.11 Å². The van der Waals surface area contributed by atoms with E-state index in [1.807, 2.05) is 18.3 Å². The van der Waals surface area contributed by atoms with Crippen LogP contribution in [0.15, 0.2) is 30.5 Å². The Morgan fingerprint density at radius 3 is 1.95 bits per heavy atom. The van der Waals surface area contributed by atoms with Crippen molar-refractivity contribution >= 4 is 11.9 Å². The molecule has 0 radical (unpaired) electrons. The summed E-state index contributed by atoms with van der Waals surface area (Å²) in [6.07, 6.45) is -8.12. The van der Waals surface area contributed by atoms with Gasteiger partial charge in [0.25, 0.3) is 0 Å². The second-order valence-electron chi connectivity index (χ2n) is 8.49. The maximum absolute atomic E-state index is 10.6. The zero-order chi connectivity index (χ0) is 29.3. The highest BCUT2D eigenvalue weighted by Gasteiger charge is 2.38. The highest BCUT2D eigenvalue weighted by molar-refractivity contribution is 5.73. The maximum atomic E-state index is 10.6. The number of imidazole rings is 1. The van der Waals surface area contributed by atoms with Crippen molar-refractivity contribution in [3.05, 3.63) is 47.5 Å². The van der Waals surface area contributed by atoms with Gasteiger partial charge in [0.05, 0.1) is 19.3 Å². The molecule has 1 aliphatic rings. The van der Waals surface area contributed by atoms with Crippen molar-refractivity contribution in [3.8, 4) is 5.75 Å². The Bertz CT molecular complexity index is 1010. The van der Waals surface area contributed by atoms with Crippen LogP contribution in [0.25, 0.3) is 0 Å². The number of ether oxygens (including phenoxy) is 1. The molecule has 2 aromatic rings. The van der Waals surface area contributed by atoms with Crippen LogP contribution in [0.3, 0.4) is 0 Å². The topological polar surface area (TPSA) is 108 Å². The number of rotatable bonds is 6. The third-order valence-corrected chi connectivity index (χ3v) is 5.37. The molecule has 0 amide bonds. The van der Waals surface area contributed by atoms with Crippen molar-refractivity contribution in [3.63, 3.8) is 0 Å². The van der Waals surface area contributed by atoms with E-state index in [0.29, 0.717) is 6.04 Å². The van der Waals surface area contributed by atoms with Crippen molar-refractivity contribution in [1.29, 1.82) is 0 Å². The van der Waals surface area contributed by atoms with Gasteiger partial charge in [-0.25, -0.2) is 14.6 Å². The molecule has 0 aliphatic carbocycles. The number of carboxylic acids is 2. The summed E-state index contributed by atoms with van der Waals surface area (Å²) >= 11 is 0. The van der Waals surface area contributed by atoms with E-state index in [4.69, 9.17) is 24.5 Å². The van der Waals surface area contributed by atoms with E-state index in [2.05, 4.69) is 52.4 Å². The minimum atomic E-state index is -5.08. The lowest BCUT2D eigenvalue weighted by Gasteiger charge is -2.29. The van der Waals surface area contributed by atoms with Crippen molar-refractivity contribution in [1.82, 2.24) is 19.4 Å². The van der Waals surface area contributed by atoms with E-state index in [-0.39, 0.29) is 0 Å². The Morgan fingerprint density at radius 1 is 1.03 bits per heavy atom. The van der Waals surface area contributed by atoms with Gasteiger partial charge >= 0.3 is 24.3 Å². The minimum Gasteiger partial charge on any atom is -0.497 e. The molecule has 1 aromatic carbocycles. The van der Waals surface area contributed by atoms with Crippen LogP contribution in [0.4, 0.5) is 26.3 Å². The number of nitrogens with zero attached hydrogens (tertiary/aromatic N) is 4. The first-order chi connectivity index (χ1) is 17.4. The number of methoxy groups -OCH3 is 1. The first kappa shape index (κ1) is 32.7. The Labute approximate surface area is 215 Å². The number of aromatic nitrogens is 2. The van der Waals surface area contributed by atoms with Gasteiger partial charge < -0.3 is 19.5 Å². The molecule has 38 heavy (non-hydrogen) atoms. The van der Waals surface area contributed by atoms with Crippen molar-refractivity contribution in [2.45, 2.75) is 58.4 Å². The second-order valence-corrected chi connectivity index (χ2v) is 8.49. The summed E-state index contributed by atoms with van der Waals surface area (Å²) in [6.45, 7) is 9.37. The van der Waals surface area contributed by atoms with E-state index in [0.717, 1.165) is 38.5 Å². The average molecular weight is 557 g/mol. The number of carbonyl (C=O) groups is 2. The lowest BCUT2D eigenvalue weighted by Crippen LogP contribution is -2.35. The Morgan fingerprint density at radius 2 is 1.53 bits per heavy atom. The van der Waals surface area contributed by atoms with Crippen LogP contribution in [0, 0.1) is 0 Å². The number of hydrogen-bond donors (Lipinski definition) is 2. The standard InChI is InChI=1S/C19H28N4O.2C2HF3O2/c1-15(2)21(3)13-17-11-20-19-14-22(9-10-23(17)19)12-16-5-7-18(24-4)8-6-16;2*3-2(4,5)1(6)7/h5-8,11,15H,9-10,12-14H2,1-4H3;2*(H,6,7).